The molecule has 0 bridgehead atoms. The Morgan fingerprint density at radius 2 is 1.61 bits per heavy atom. The molecule has 0 saturated heterocycles. The second kappa shape index (κ2) is 7.12. The SMILES string of the molecule is C#Cc1nn2c(C(F)(F)F)cc(-c3ccc(C(F)(F)F)cc3)nc2c1-c1cccnc1. The van der Waals surface area contributed by atoms with Crippen LogP contribution in [-0.2, 0) is 12.4 Å². The van der Waals surface area contributed by atoms with Crippen molar-refractivity contribution in [3.05, 3.63) is 71.8 Å². The average Bonchev–Trinajstić information content (AvgIpc) is 3.11. The Morgan fingerprint density at radius 1 is 0.903 bits per heavy atom. The van der Waals surface area contributed by atoms with Gasteiger partial charge in [0.15, 0.2) is 11.3 Å². The molecule has 4 nitrogen and oxygen atoms in total. The average molecular weight is 432 g/mol. The number of pyridine rings is 1. The number of hydrogen-bond acceptors (Lipinski definition) is 3. The third-order valence-electron chi connectivity index (χ3n) is 4.47. The van der Waals surface area contributed by atoms with Crippen LogP contribution in [0, 0.1) is 12.3 Å². The molecule has 0 aliphatic carbocycles. The molecule has 0 atom stereocenters. The Bertz CT molecular complexity index is 1300. The fraction of sp³-hybridized carbons (Fsp3) is 0.0952. The van der Waals surface area contributed by atoms with Gasteiger partial charge in [-0.25, -0.2) is 9.50 Å². The summed E-state index contributed by atoms with van der Waals surface area (Å²) < 4.78 is 80.4. The highest BCUT2D eigenvalue weighted by molar-refractivity contribution is 5.83. The number of benzene rings is 1. The summed E-state index contributed by atoms with van der Waals surface area (Å²) in [5.74, 6) is 2.25. The van der Waals surface area contributed by atoms with Crippen LogP contribution in [0.25, 0.3) is 28.0 Å². The lowest BCUT2D eigenvalue weighted by Crippen LogP contribution is -2.14. The van der Waals surface area contributed by atoms with Crippen molar-refractivity contribution in [2.24, 2.45) is 0 Å². The topological polar surface area (TPSA) is 43.1 Å². The van der Waals surface area contributed by atoms with Gasteiger partial charge < -0.3 is 0 Å². The van der Waals surface area contributed by atoms with Gasteiger partial charge in [-0.1, -0.05) is 18.2 Å². The summed E-state index contributed by atoms with van der Waals surface area (Å²) in [6.07, 6.45) is -1.07. The summed E-state index contributed by atoms with van der Waals surface area (Å²) in [6.45, 7) is 0. The molecule has 156 valence electrons. The lowest BCUT2D eigenvalue weighted by Gasteiger charge is -2.12. The first-order valence-corrected chi connectivity index (χ1v) is 8.65. The van der Waals surface area contributed by atoms with Crippen LogP contribution in [-0.4, -0.2) is 19.6 Å². The standard InChI is InChI=1S/C21H10F6N4/c1-2-15-18(13-4-3-9-28-11-13)19-29-16(10-17(21(25,26)27)31(19)30-15)12-5-7-14(8-6-12)20(22,23)24/h1,3-11H. The molecule has 3 heterocycles. The van der Waals surface area contributed by atoms with E-state index < -0.39 is 23.6 Å². The molecule has 0 amide bonds. The van der Waals surface area contributed by atoms with E-state index in [-0.39, 0.29) is 28.2 Å². The fourth-order valence-corrected chi connectivity index (χ4v) is 3.07. The Hall–Kier alpha value is -3.87. The third-order valence-corrected chi connectivity index (χ3v) is 4.47. The normalized spacial score (nSPS) is 12.2. The minimum atomic E-state index is -4.83. The molecule has 3 aromatic heterocycles. The zero-order chi connectivity index (χ0) is 22.4. The lowest BCUT2D eigenvalue weighted by molar-refractivity contribution is -0.142. The first-order valence-electron chi connectivity index (χ1n) is 8.65. The van der Waals surface area contributed by atoms with Crippen molar-refractivity contribution in [3.8, 4) is 34.7 Å². The van der Waals surface area contributed by atoms with Crippen LogP contribution >= 0.6 is 0 Å². The van der Waals surface area contributed by atoms with Crippen molar-refractivity contribution < 1.29 is 26.3 Å². The van der Waals surface area contributed by atoms with E-state index in [1.54, 1.807) is 12.1 Å². The van der Waals surface area contributed by atoms with E-state index in [9.17, 15) is 26.3 Å². The summed E-state index contributed by atoms with van der Waals surface area (Å²) in [6, 6.07) is 7.55. The molecule has 0 radical (unpaired) electrons. The molecule has 0 aliphatic heterocycles. The molecule has 0 spiro atoms. The zero-order valence-corrected chi connectivity index (χ0v) is 15.3. The van der Waals surface area contributed by atoms with Crippen LogP contribution in [0.15, 0.2) is 54.9 Å². The number of aromatic nitrogens is 4. The molecule has 10 heteroatoms. The third kappa shape index (κ3) is 3.70. The van der Waals surface area contributed by atoms with Crippen LogP contribution in [0.4, 0.5) is 26.3 Å². The maximum atomic E-state index is 13.8. The van der Waals surface area contributed by atoms with Gasteiger partial charge in [0.25, 0.3) is 0 Å². The molecule has 0 fully saturated rings. The second-order valence-corrected chi connectivity index (χ2v) is 6.44. The van der Waals surface area contributed by atoms with Gasteiger partial charge >= 0.3 is 12.4 Å². The Morgan fingerprint density at radius 3 is 2.16 bits per heavy atom. The van der Waals surface area contributed by atoms with E-state index in [2.05, 4.69) is 21.0 Å². The second-order valence-electron chi connectivity index (χ2n) is 6.44. The first kappa shape index (κ1) is 20.4. The van der Waals surface area contributed by atoms with Crippen LogP contribution in [0.2, 0.25) is 0 Å². The van der Waals surface area contributed by atoms with Crippen LogP contribution < -0.4 is 0 Å². The van der Waals surface area contributed by atoms with Crippen molar-refractivity contribution in [1.29, 1.82) is 0 Å². The predicted octanol–water partition coefficient (Wildman–Crippen LogP) is 5.48. The highest BCUT2D eigenvalue weighted by Crippen LogP contribution is 2.36. The van der Waals surface area contributed by atoms with Crippen LogP contribution in [0.5, 0.6) is 0 Å². The molecule has 31 heavy (non-hydrogen) atoms. The maximum absolute atomic E-state index is 13.8. The molecule has 4 aromatic rings. The van der Waals surface area contributed by atoms with Crippen molar-refractivity contribution >= 4 is 5.65 Å². The molecular formula is C21H10F6N4. The largest absolute Gasteiger partial charge is 0.433 e. The van der Waals surface area contributed by atoms with Gasteiger partial charge in [-0.15, -0.1) is 6.42 Å². The summed E-state index contributed by atoms with van der Waals surface area (Å²) in [5, 5.41) is 3.88. The van der Waals surface area contributed by atoms with Gasteiger partial charge in [-0.3, -0.25) is 4.98 Å². The van der Waals surface area contributed by atoms with Crippen LogP contribution in [0.3, 0.4) is 0 Å². The quantitative estimate of drug-likeness (QED) is 0.311. The number of alkyl halides is 6. The molecule has 0 unspecified atom stereocenters. The van der Waals surface area contributed by atoms with E-state index in [0.29, 0.717) is 10.1 Å². The minimum Gasteiger partial charge on any atom is -0.264 e. The van der Waals surface area contributed by atoms with Gasteiger partial charge in [0.2, 0.25) is 0 Å². The Balaban J connectivity index is 2.01. The van der Waals surface area contributed by atoms with Crippen LogP contribution in [0.1, 0.15) is 17.0 Å². The monoisotopic (exact) mass is 432 g/mol. The molecule has 1 aromatic carbocycles. The number of hydrogen-bond donors (Lipinski definition) is 0. The molecular weight excluding hydrogens is 422 g/mol. The van der Waals surface area contributed by atoms with Gasteiger partial charge in [0, 0.05) is 23.5 Å². The number of halogens is 6. The highest BCUT2D eigenvalue weighted by Gasteiger charge is 2.36. The summed E-state index contributed by atoms with van der Waals surface area (Å²) in [5.41, 5.74) is -1.90. The Kier molecular flexibility index (Phi) is 4.69. The Labute approximate surface area is 171 Å². The van der Waals surface area contributed by atoms with Gasteiger partial charge in [-0.2, -0.15) is 31.4 Å². The summed E-state index contributed by atoms with van der Waals surface area (Å²) in [4.78, 5) is 8.20. The van der Waals surface area contributed by atoms with E-state index in [1.165, 1.54) is 12.4 Å². The van der Waals surface area contributed by atoms with E-state index in [1.807, 2.05) is 0 Å². The predicted molar refractivity (Wildman–Crippen MR) is 99.6 cm³/mol. The fourth-order valence-electron chi connectivity index (χ4n) is 3.07. The van der Waals surface area contributed by atoms with Crippen molar-refractivity contribution in [2.75, 3.05) is 0 Å². The van der Waals surface area contributed by atoms with Gasteiger partial charge in [0.1, 0.15) is 5.69 Å². The van der Waals surface area contributed by atoms with Crippen molar-refractivity contribution in [2.45, 2.75) is 12.4 Å². The van der Waals surface area contributed by atoms with Gasteiger partial charge in [0.05, 0.1) is 16.8 Å². The molecule has 0 N–H and O–H groups in total. The number of rotatable bonds is 2. The smallest absolute Gasteiger partial charge is 0.264 e. The summed E-state index contributed by atoms with van der Waals surface area (Å²) in [7, 11) is 0. The number of nitrogens with zero attached hydrogens (tertiary/aromatic N) is 4. The minimum absolute atomic E-state index is 0.0709. The highest BCUT2D eigenvalue weighted by atomic mass is 19.4. The first-order chi connectivity index (χ1) is 14.6. The summed E-state index contributed by atoms with van der Waals surface area (Å²) >= 11 is 0. The van der Waals surface area contributed by atoms with Crippen molar-refractivity contribution in [1.82, 2.24) is 19.6 Å². The van der Waals surface area contributed by atoms with E-state index in [0.717, 1.165) is 30.3 Å². The van der Waals surface area contributed by atoms with Gasteiger partial charge in [-0.05, 0) is 30.2 Å². The van der Waals surface area contributed by atoms with E-state index in [4.69, 9.17) is 6.42 Å². The number of terminal acetylenes is 1. The van der Waals surface area contributed by atoms with Crippen molar-refractivity contribution in [3.63, 3.8) is 0 Å². The van der Waals surface area contributed by atoms with E-state index >= 15 is 0 Å². The number of fused-ring (bicyclic) bond motifs is 1. The molecule has 0 saturated carbocycles. The lowest BCUT2D eigenvalue weighted by atomic mass is 10.1. The zero-order valence-electron chi connectivity index (χ0n) is 15.3. The molecule has 4 rings (SSSR count). The maximum Gasteiger partial charge on any atom is 0.433 e. The molecule has 0 aliphatic rings.